The summed E-state index contributed by atoms with van der Waals surface area (Å²) in [7, 11) is 0. The van der Waals surface area contributed by atoms with Crippen molar-refractivity contribution in [2.75, 3.05) is 13.1 Å². The third kappa shape index (κ3) is 1.65. The number of nitrogens with zero attached hydrogens (tertiary/aromatic N) is 1. The largest absolute Gasteiger partial charge is 0.368 e. The summed E-state index contributed by atoms with van der Waals surface area (Å²) in [5.41, 5.74) is 4.32. The Bertz CT molecular complexity index is 201. The second-order valence-electron chi connectivity index (χ2n) is 3.33. The Morgan fingerprint density at radius 2 is 2.18 bits per heavy atom. The maximum absolute atomic E-state index is 3.94. The summed E-state index contributed by atoms with van der Waals surface area (Å²) in [4.78, 5) is 2.33. The Hall–Kier alpha value is -0.720. The molecular weight excluding hydrogens is 134 g/mol. The highest BCUT2D eigenvalue weighted by Crippen LogP contribution is 2.21. The molecule has 0 saturated heterocycles. The van der Waals surface area contributed by atoms with E-state index in [2.05, 4.69) is 32.3 Å². The van der Waals surface area contributed by atoms with Crippen molar-refractivity contribution in [3.05, 3.63) is 23.4 Å². The molecule has 0 radical (unpaired) electrons. The average molecular weight is 151 g/mol. The molecule has 0 saturated carbocycles. The molecule has 1 heteroatoms. The molecule has 1 aliphatic heterocycles. The van der Waals surface area contributed by atoms with Crippen LogP contribution in [0, 0.1) is 0 Å². The van der Waals surface area contributed by atoms with Crippen LogP contribution in [0.15, 0.2) is 23.4 Å². The van der Waals surface area contributed by atoms with Crippen molar-refractivity contribution in [3.8, 4) is 0 Å². The number of hydrogen-bond acceptors (Lipinski definition) is 1. The molecule has 1 heterocycles. The molecule has 1 nitrogen and oxygen atoms in total. The third-order valence-electron chi connectivity index (χ3n) is 2.38. The smallest absolute Gasteiger partial charge is 0.0392 e. The highest BCUT2D eigenvalue weighted by atomic mass is 15.1. The van der Waals surface area contributed by atoms with Crippen molar-refractivity contribution in [3.63, 3.8) is 0 Å². The molecule has 0 aromatic rings. The Morgan fingerprint density at radius 3 is 2.45 bits per heavy atom. The van der Waals surface area contributed by atoms with Gasteiger partial charge in [0.1, 0.15) is 0 Å². The summed E-state index contributed by atoms with van der Waals surface area (Å²) in [6.07, 6.45) is 1.19. The van der Waals surface area contributed by atoms with E-state index in [1.165, 1.54) is 17.7 Å². The van der Waals surface area contributed by atoms with E-state index in [0.29, 0.717) is 0 Å². The summed E-state index contributed by atoms with van der Waals surface area (Å²) < 4.78 is 0. The van der Waals surface area contributed by atoms with Gasteiger partial charge in [0, 0.05) is 18.8 Å². The highest BCUT2D eigenvalue weighted by Gasteiger charge is 2.16. The summed E-state index contributed by atoms with van der Waals surface area (Å²) in [5.74, 6) is 0. The standard InChI is InChI=1S/C10H17N/c1-5-10-7-11(8(2)3)6-9(10)4/h2,5-7H2,1,3-4H3. The minimum atomic E-state index is 1.10. The van der Waals surface area contributed by atoms with Gasteiger partial charge in [0.15, 0.2) is 0 Å². The molecule has 0 aromatic heterocycles. The molecule has 0 spiro atoms. The molecule has 11 heavy (non-hydrogen) atoms. The molecule has 0 aromatic carbocycles. The van der Waals surface area contributed by atoms with E-state index in [0.717, 1.165) is 13.1 Å². The van der Waals surface area contributed by atoms with Gasteiger partial charge in [0.2, 0.25) is 0 Å². The van der Waals surface area contributed by atoms with E-state index in [1.807, 2.05) is 0 Å². The van der Waals surface area contributed by atoms with Crippen molar-refractivity contribution in [1.82, 2.24) is 4.90 Å². The number of allylic oxidation sites excluding steroid dienone is 1. The van der Waals surface area contributed by atoms with E-state index < -0.39 is 0 Å². The molecule has 0 atom stereocenters. The average Bonchev–Trinajstić information content (AvgIpc) is 2.31. The fraction of sp³-hybridized carbons (Fsp3) is 0.600. The fourth-order valence-electron chi connectivity index (χ4n) is 1.50. The van der Waals surface area contributed by atoms with Crippen molar-refractivity contribution in [2.24, 2.45) is 0 Å². The zero-order valence-electron chi connectivity index (χ0n) is 7.78. The second kappa shape index (κ2) is 3.12. The van der Waals surface area contributed by atoms with Crippen LogP contribution in [0.3, 0.4) is 0 Å². The molecular formula is C10H17N. The Kier molecular flexibility index (Phi) is 2.38. The molecule has 0 bridgehead atoms. The van der Waals surface area contributed by atoms with Gasteiger partial charge in [-0.1, -0.05) is 24.6 Å². The van der Waals surface area contributed by atoms with E-state index >= 15 is 0 Å². The first-order valence-corrected chi connectivity index (χ1v) is 4.23. The predicted molar refractivity (Wildman–Crippen MR) is 49.4 cm³/mol. The molecule has 1 aliphatic rings. The summed E-state index contributed by atoms with van der Waals surface area (Å²) in [5, 5.41) is 0. The zero-order chi connectivity index (χ0) is 8.43. The van der Waals surface area contributed by atoms with Crippen LogP contribution in [-0.4, -0.2) is 18.0 Å². The quantitative estimate of drug-likeness (QED) is 0.548. The lowest BCUT2D eigenvalue weighted by atomic mass is 10.1. The molecule has 0 aliphatic carbocycles. The van der Waals surface area contributed by atoms with Gasteiger partial charge in [-0.2, -0.15) is 0 Å². The molecule has 0 amide bonds. The normalized spacial score (nSPS) is 17.9. The maximum Gasteiger partial charge on any atom is 0.0392 e. The lowest BCUT2D eigenvalue weighted by molar-refractivity contribution is 0.434. The first kappa shape index (κ1) is 8.38. The SMILES string of the molecule is C=C(C)N1CC(C)=C(CC)C1. The van der Waals surface area contributed by atoms with Gasteiger partial charge in [0.05, 0.1) is 0 Å². The van der Waals surface area contributed by atoms with Crippen LogP contribution in [0.5, 0.6) is 0 Å². The minimum absolute atomic E-state index is 1.10. The molecule has 0 N–H and O–H groups in total. The van der Waals surface area contributed by atoms with Crippen molar-refractivity contribution < 1.29 is 0 Å². The van der Waals surface area contributed by atoms with Crippen LogP contribution in [-0.2, 0) is 0 Å². The van der Waals surface area contributed by atoms with Gasteiger partial charge in [-0.3, -0.25) is 0 Å². The maximum atomic E-state index is 3.94. The van der Waals surface area contributed by atoms with Gasteiger partial charge < -0.3 is 4.90 Å². The van der Waals surface area contributed by atoms with Crippen LogP contribution in [0.25, 0.3) is 0 Å². The monoisotopic (exact) mass is 151 g/mol. The second-order valence-corrected chi connectivity index (χ2v) is 3.33. The van der Waals surface area contributed by atoms with Gasteiger partial charge in [-0.15, -0.1) is 0 Å². The van der Waals surface area contributed by atoms with Gasteiger partial charge in [-0.05, 0) is 20.3 Å². The van der Waals surface area contributed by atoms with E-state index in [4.69, 9.17) is 0 Å². The van der Waals surface area contributed by atoms with Gasteiger partial charge in [-0.25, -0.2) is 0 Å². The predicted octanol–water partition coefficient (Wildman–Crippen LogP) is 2.56. The summed E-state index contributed by atoms with van der Waals surface area (Å²) in [6.45, 7) is 12.7. The summed E-state index contributed by atoms with van der Waals surface area (Å²) in [6, 6.07) is 0. The number of rotatable bonds is 2. The highest BCUT2D eigenvalue weighted by molar-refractivity contribution is 5.23. The Labute approximate surface area is 69.4 Å². The van der Waals surface area contributed by atoms with Gasteiger partial charge >= 0.3 is 0 Å². The van der Waals surface area contributed by atoms with E-state index in [1.54, 1.807) is 5.57 Å². The van der Waals surface area contributed by atoms with Crippen molar-refractivity contribution in [2.45, 2.75) is 27.2 Å². The molecule has 1 rings (SSSR count). The lowest BCUT2D eigenvalue weighted by Gasteiger charge is -2.17. The van der Waals surface area contributed by atoms with E-state index in [-0.39, 0.29) is 0 Å². The van der Waals surface area contributed by atoms with Crippen LogP contribution in [0.4, 0.5) is 0 Å². The van der Waals surface area contributed by atoms with Crippen molar-refractivity contribution >= 4 is 0 Å². The topological polar surface area (TPSA) is 3.24 Å². The van der Waals surface area contributed by atoms with Crippen LogP contribution in [0.1, 0.15) is 27.2 Å². The first-order chi connectivity index (χ1) is 5.15. The zero-order valence-corrected chi connectivity index (χ0v) is 7.78. The molecule has 62 valence electrons. The fourth-order valence-corrected chi connectivity index (χ4v) is 1.50. The summed E-state index contributed by atoms with van der Waals surface area (Å²) >= 11 is 0. The van der Waals surface area contributed by atoms with Gasteiger partial charge in [0.25, 0.3) is 0 Å². The third-order valence-corrected chi connectivity index (χ3v) is 2.38. The lowest BCUT2D eigenvalue weighted by Crippen LogP contribution is -2.18. The van der Waals surface area contributed by atoms with Crippen LogP contribution < -0.4 is 0 Å². The first-order valence-electron chi connectivity index (χ1n) is 4.23. The van der Waals surface area contributed by atoms with Crippen molar-refractivity contribution in [1.29, 1.82) is 0 Å². The Balaban J connectivity index is 2.60. The molecule has 0 fully saturated rings. The van der Waals surface area contributed by atoms with Crippen LogP contribution >= 0.6 is 0 Å². The van der Waals surface area contributed by atoms with Crippen LogP contribution in [0.2, 0.25) is 0 Å². The minimum Gasteiger partial charge on any atom is -0.368 e. The van der Waals surface area contributed by atoms with E-state index in [9.17, 15) is 0 Å². The molecule has 0 unspecified atom stereocenters. The number of hydrogen-bond donors (Lipinski definition) is 0. The Morgan fingerprint density at radius 1 is 1.55 bits per heavy atom.